The predicted molar refractivity (Wildman–Crippen MR) is 113 cm³/mol. The van der Waals surface area contributed by atoms with Crippen LogP contribution in [0.25, 0.3) is 0 Å². The van der Waals surface area contributed by atoms with Crippen LogP contribution in [0.2, 0.25) is 5.02 Å². The highest BCUT2D eigenvalue weighted by molar-refractivity contribution is 6.31. The minimum atomic E-state index is -0.00902. The summed E-state index contributed by atoms with van der Waals surface area (Å²) < 4.78 is 5.16. The summed E-state index contributed by atoms with van der Waals surface area (Å²) in [6, 6.07) is 15.5. The van der Waals surface area contributed by atoms with Crippen molar-refractivity contribution in [2.24, 2.45) is 11.0 Å². The molecule has 1 fully saturated rings. The molecule has 1 saturated heterocycles. The van der Waals surface area contributed by atoms with Gasteiger partial charge in [0.1, 0.15) is 5.75 Å². The number of carbonyl (C=O) groups excluding carboxylic acids is 1. The van der Waals surface area contributed by atoms with E-state index >= 15 is 0 Å². The number of halogens is 1. The van der Waals surface area contributed by atoms with Gasteiger partial charge in [0.05, 0.1) is 12.8 Å². The summed E-state index contributed by atoms with van der Waals surface area (Å²) in [5.74, 6) is 0.782. The van der Waals surface area contributed by atoms with Crippen molar-refractivity contribution in [2.75, 3.05) is 20.2 Å². The fourth-order valence-corrected chi connectivity index (χ4v) is 3.54. The Bertz CT molecular complexity index is 828. The molecule has 1 amide bonds. The minimum Gasteiger partial charge on any atom is -0.497 e. The molecule has 148 valence electrons. The monoisotopic (exact) mass is 399 g/mol. The molecule has 0 atom stereocenters. The van der Waals surface area contributed by atoms with Crippen LogP contribution in [-0.4, -0.2) is 36.7 Å². The molecule has 0 unspecified atom stereocenters. The Morgan fingerprint density at radius 2 is 1.86 bits per heavy atom. The molecule has 28 heavy (non-hydrogen) atoms. The highest BCUT2D eigenvalue weighted by atomic mass is 35.5. The number of nitrogens with zero attached hydrogens (tertiary/aromatic N) is 2. The number of hydrogen-bond donors (Lipinski definition) is 1. The third-order valence-corrected chi connectivity index (χ3v) is 5.52. The third-order valence-electron chi connectivity index (χ3n) is 5.15. The van der Waals surface area contributed by atoms with E-state index in [1.165, 1.54) is 0 Å². The highest BCUT2D eigenvalue weighted by Gasteiger charge is 2.25. The molecule has 0 aromatic heterocycles. The van der Waals surface area contributed by atoms with Crippen LogP contribution < -0.4 is 10.2 Å². The number of likely N-dealkylation sites (tertiary alicyclic amines) is 1. The summed E-state index contributed by atoms with van der Waals surface area (Å²) in [6.45, 7) is 4.46. The summed E-state index contributed by atoms with van der Waals surface area (Å²) in [4.78, 5) is 14.8. The Morgan fingerprint density at radius 3 is 2.50 bits per heavy atom. The van der Waals surface area contributed by atoms with Crippen LogP contribution in [0.4, 0.5) is 0 Å². The second kappa shape index (κ2) is 9.71. The Labute approximate surface area is 171 Å². The van der Waals surface area contributed by atoms with Gasteiger partial charge < -0.3 is 4.74 Å². The normalized spacial score (nSPS) is 16.0. The molecule has 2 aromatic carbocycles. The van der Waals surface area contributed by atoms with E-state index in [-0.39, 0.29) is 11.8 Å². The fourth-order valence-electron chi connectivity index (χ4n) is 3.35. The number of methoxy groups -OCH3 is 1. The first kappa shape index (κ1) is 20.4. The lowest BCUT2D eigenvalue weighted by Gasteiger charge is -2.31. The number of amides is 1. The SMILES string of the molecule is COc1ccc(C(C)=NNC(=O)C2CCN(Cc3ccccc3Cl)CC2)cc1. The van der Waals surface area contributed by atoms with Gasteiger partial charge in [-0.05, 0) is 74.3 Å². The number of nitrogens with one attached hydrogen (secondary N) is 1. The van der Waals surface area contributed by atoms with Crippen molar-refractivity contribution < 1.29 is 9.53 Å². The van der Waals surface area contributed by atoms with Crippen LogP contribution in [0, 0.1) is 5.92 Å². The molecule has 0 spiro atoms. The van der Waals surface area contributed by atoms with Gasteiger partial charge in [-0.3, -0.25) is 9.69 Å². The molecule has 6 heteroatoms. The number of hydrazone groups is 1. The van der Waals surface area contributed by atoms with E-state index in [4.69, 9.17) is 16.3 Å². The van der Waals surface area contributed by atoms with E-state index in [9.17, 15) is 4.79 Å². The summed E-state index contributed by atoms with van der Waals surface area (Å²) in [5.41, 5.74) is 5.59. The smallest absolute Gasteiger partial charge is 0.243 e. The lowest BCUT2D eigenvalue weighted by atomic mass is 9.96. The van der Waals surface area contributed by atoms with Gasteiger partial charge in [0.25, 0.3) is 0 Å². The van der Waals surface area contributed by atoms with Crippen molar-refractivity contribution in [2.45, 2.75) is 26.3 Å². The van der Waals surface area contributed by atoms with Gasteiger partial charge in [-0.2, -0.15) is 5.10 Å². The van der Waals surface area contributed by atoms with Crippen molar-refractivity contribution in [3.8, 4) is 5.75 Å². The van der Waals surface area contributed by atoms with Crippen LogP contribution in [0.1, 0.15) is 30.9 Å². The summed E-state index contributed by atoms with van der Waals surface area (Å²) in [5, 5.41) is 5.07. The largest absolute Gasteiger partial charge is 0.497 e. The van der Waals surface area contributed by atoms with E-state index in [0.717, 1.165) is 60.1 Å². The molecular weight excluding hydrogens is 374 g/mol. The van der Waals surface area contributed by atoms with Crippen molar-refractivity contribution in [1.29, 1.82) is 0 Å². The zero-order chi connectivity index (χ0) is 19.9. The minimum absolute atomic E-state index is 0.00471. The van der Waals surface area contributed by atoms with Crippen LogP contribution >= 0.6 is 11.6 Å². The third kappa shape index (κ3) is 5.33. The summed E-state index contributed by atoms with van der Waals surface area (Å²) in [7, 11) is 1.63. The molecule has 3 rings (SSSR count). The molecule has 1 aliphatic rings. The summed E-state index contributed by atoms with van der Waals surface area (Å²) in [6.07, 6.45) is 1.65. The molecule has 0 radical (unpaired) electrons. The standard InChI is InChI=1S/C22H26ClN3O2/c1-16(17-7-9-20(28-2)10-8-17)24-25-22(27)18-11-13-26(14-12-18)15-19-5-3-4-6-21(19)23/h3-10,18H,11-15H2,1-2H3,(H,25,27). The highest BCUT2D eigenvalue weighted by Crippen LogP contribution is 2.22. The molecule has 2 aromatic rings. The number of rotatable bonds is 6. The number of ether oxygens (including phenoxy) is 1. The van der Waals surface area contributed by atoms with Gasteiger partial charge in [0.15, 0.2) is 0 Å². The maximum absolute atomic E-state index is 12.5. The predicted octanol–water partition coefficient (Wildman–Crippen LogP) is 4.10. The van der Waals surface area contributed by atoms with Crippen LogP contribution in [-0.2, 0) is 11.3 Å². The first-order valence-corrected chi connectivity index (χ1v) is 9.89. The van der Waals surface area contributed by atoms with Crippen molar-refractivity contribution in [1.82, 2.24) is 10.3 Å². The zero-order valence-corrected chi connectivity index (χ0v) is 17.1. The second-order valence-electron chi connectivity index (χ2n) is 7.04. The Morgan fingerprint density at radius 1 is 1.18 bits per heavy atom. The number of benzene rings is 2. The van der Waals surface area contributed by atoms with Gasteiger partial charge in [-0.15, -0.1) is 0 Å². The Balaban J connectivity index is 1.48. The van der Waals surface area contributed by atoms with E-state index in [1.807, 2.05) is 49.4 Å². The van der Waals surface area contributed by atoms with Crippen LogP contribution in [0.15, 0.2) is 53.6 Å². The zero-order valence-electron chi connectivity index (χ0n) is 16.3. The average molecular weight is 400 g/mol. The van der Waals surface area contributed by atoms with Gasteiger partial charge in [-0.25, -0.2) is 5.43 Å². The van der Waals surface area contributed by atoms with Crippen LogP contribution in [0.5, 0.6) is 5.75 Å². The van der Waals surface area contributed by atoms with Gasteiger partial charge >= 0.3 is 0 Å². The van der Waals surface area contributed by atoms with Gasteiger partial charge in [0.2, 0.25) is 5.91 Å². The number of piperidine rings is 1. The molecule has 1 aliphatic heterocycles. The summed E-state index contributed by atoms with van der Waals surface area (Å²) >= 11 is 6.25. The van der Waals surface area contributed by atoms with Gasteiger partial charge in [-0.1, -0.05) is 29.8 Å². The maximum atomic E-state index is 12.5. The molecule has 0 aliphatic carbocycles. The molecule has 5 nitrogen and oxygen atoms in total. The van der Waals surface area contributed by atoms with Crippen molar-refractivity contribution in [3.05, 3.63) is 64.7 Å². The van der Waals surface area contributed by atoms with Crippen molar-refractivity contribution in [3.63, 3.8) is 0 Å². The molecule has 0 saturated carbocycles. The Hall–Kier alpha value is -2.37. The molecule has 0 bridgehead atoms. The maximum Gasteiger partial charge on any atom is 0.243 e. The van der Waals surface area contributed by atoms with Crippen molar-refractivity contribution >= 4 is 23.2 Å². The van der Waals surface area contributed by atoms with E-state index in [0.29, 0.717) is 0 Å². The second-order valence-corrected chi connectivity index (χ2v) is 7.45. The number of carbonyl (C=O) groups is 1. The van der Waals surface area contributed by atoms with E-state index in [1.54, 1.807) is 7.11 Å². The van der Waals surface area contributed by atoms with E-state index < -0.39 is 0 Å². The lowest BCUT2D eigenvalue weighted by Crippen LogP contribution is -2.39. The number of hydrogen-bond acceptors (Lipinski definition) is 4. The van der Waals surface area contributed by atoms with Gasteiger partial charge in [0, 0.05) is 17.5 Å². The molecule has 1 heterocycles. The first-order chi connectivity index (χ1) is 13.6. The van der Waals surface area contributed by atoms with E-state index in [2.05, 4.69) is 21.5 Å². The fraction of sp³-hybridized carbons (Fsp3) is 0.364. The molecule has 1 N–H and O–H groups in total. The van der Waals surface area contributed by atoms with Crippen LogP contribution in [0.3, 0.4) is 0 Å². The first-order valence-electron chi connectivity index (χ1n) is 9.51. The Kier molecular flexibility index (Phi) is 7.06. The topological polar surface area (TPSA) is 53.9 Å². The quantitative estimate of drug-likeness (QED) is 0.587. The lowest BCUT2D eigenvalue weighted by molar-refractivity contribution is -0.126. The molecular formula is C22H26ClN3O2. The average Bonchev–Trinajstić information content (AvgIpc) is 2.74.